The number of alkyl halides is 3. The zero-order chi connectivity index (χ0) is 27.1. The van der Waals surface area contributed by atoms with Crippen molar-refractivity contribution in [3.05, 3.63) is 57.5 Å². The van der Waals surface area contributed by atoms with E-state index in [1.807, 2.05) is 0 Å². The average molecular weight is 556 g/mol. The number of hydrogen-bond donors (Lipinski definition) is 2. The van der Waals surface area contributed by atoms with Crippen molar-refractivity contribution < 1.29 is 22.8 Å². The van der Waals surface area contributed by atoms with Gasteiger partial charge in [0, 0.05) is 17.6 Å². The summed E-state index contributed by atoms with van der Waals surface area (Å²) < 4.78 is 38.7. The number of tetrazole rings is 1. The molecular formula is C21H18Cl2F3N9O2. The fourth-order valence-electron chi connectivity index (χ4n) is 3.78. The van der Waals surface area contributed by atoms with Gasteiger partial charge < -0.3 is 11.1 Å². The number of aromatic nitrogens is 5. The van der Waals surface area contributed by atoms with Gasteiger partial charge in [0.1, 0.15) is 12.1 Å². The van der Waals surface area contributed by atoms with Crippen molar-refractivity contribution in [1.82, 2.24) is 25.2 Å². The molecule has 1 unspecified atom stereocenters. The maximum Gasteiger partial charge on any atom is 0.455 e. The summed E-state index contributed by atoms with van der Waals surface area (Å²) in [6.07, 6.45) is -3.41. The maximum absolute atomic E-state index is 13.7. The van der Waals surface area contributed by atoms with Gasteiger partial charge in [0.05, 0.1) is 22.0 Å². The largest absolute Gasteiger partial charge is 0.455 e. The number of nitrogens with two attached hydrogens (primary N) is 1. The van der Waals surface area contributed by atoms with Crippen molar-refractivity contribution in [2.75, 3.05) is 10.3 Å². The van der Waals surface area contributed by atoms with E-state index in [9.17, 15) is 22.8 Å². The number of primary amides is 1. The van der Waals surface area contributed by atoms with Crippen LogP contribution in [0.5, 0.6) is 0 Å². The number of anilines is 2. The van der Waals surface area contributed by atoms with Gasteiger partial charge in [-0.15, -0.1) is 10.2 Å². The third-order valence-electron chi connectivity index (χ3n) is 5.52. The number of halogens is 5. The summed E-state index contributed by atoms with van der Waals surface area (Å²) in [5, 5.41) is 18.6. The van der Waals surface area contributed by atoms with E-state index in [-0.39, 0.29) is 45.8 Å². The summed E-state index contributed by atoms with van der Waals surface area (Å²) in [5.41, 5.74) is 4.86. The van der Waals surface area contributed by atoms with E-state index in [0.717, 1.165) is 4.80 Å². The summed E-state index contributed by atoms with van der Waals surface area (Å²) in [7, 11) is 0. The molecular weight excluding hydrogens is 538 g/mol. The molecule has 4 rings (SSSR count). The predicted molar refractivity (Wildman–Crippen MR) is 128 cm³/mol. The van der Waals surface area contributed by atoms with Crippen LogP contribution in [0.3, 0.4) is 0 Å². The summed E-state index contributed by atoms with van der Waals surface area (Å²) in [5.74, 6) is -2.71. The second kappa shape index (κ2) is 9.59. The number of hydrazone groups is 1. The van der Waals surface area contributed by atoms with E-state index in [4.69, 9.17) is 28.9 Å². The van der Waals surface area contributed by atoms with Gasteiger partial charge in [-0.2, -0.15) is 23.1 Å². The van der Waals surface area contributed by atoms with Gasteiger partial charge in [-0.05, 0) is 48.9 Å². The Balaban J connectivity index is 1.70. The number of pyridine rings is 1. The summed E-state index contributed by atoms with van der Waals surface area (Å²) >= 11 is 12.4. The quantitative estimate of drug-likeness (QED) is 0.473. The van der Waals surface area contributed by atoms with Crippen LogP contribution < -0.4 is 16.1 Å². The van der Waals surface area contributed by atoms with Crippen LogP contribution in [0.25, 0.3) is 0 Å². The molecule has 0 fully saturated rings. The molecule has 2 amide bonds. The number of hydrogen-bond acceptors (Lipinski definition) is 8. The van der Waals surface area contributed by atoms with Crippen molar-refractivity contribution in [2.24, 2.45) is 10.8 Å². The highest BCUT2D eigenvalue weighted by Gasteiger charge is 2.47. The van der Waals surface area contributed by atoms with E-state index < -0.39 is 29.4 Å². The summed E-state index contributed by atoms with van der Waals surface area (Å²) in [6.45, 7) is 2.88. The Hall–Kier alpha value is -3.78. The van der Waals surface area contributed by atoms with E-state index in [2.05, 4.69) is 30.8 Å². The Labute approximate surface area is 217 Å². The van der Waals surface area contributed by atoms with E-state index in [1.54, 1.807) is 25.1 Å². The Kier molecular flexibility index (Phi) is 6.81. The number of carbonyl (C=O) groups excluding carboxylic acids is 2. The van der Waals surface area contributed by atoms with Gasteiger partial charge in [-0.25, -0.2) is 9.99 Å². The molecule has 0 bridgehead atoms. The minimum absolute atomic E-state index is 0.00463. The van der Waals surface area contributed by atoms with Gasteiger partial charge in [0.25, 0.3) is 17.6 Å². The number of rotatable bonds is 6. The van der Waals surface area contributed by atoms with E-state index in [1.165, 1.54) is 24.2 Å². The van der Waals surface area contributed by atoms with Gasteiger partial charge in [0.2, 0.25) is 0 Å². The van der Waals surface area contributed by atoms with Crippen LogP contribution in [0.15, 0.2) is 35.6 Å². The van der Waals surface area contributed by atoms with Crippen LogP contribution >= 0.6 is 23.2 Å². The van der Waals surface area contributed by atoms with Gasteiger partial charge in [-0.3, -0.25) is 9.59 Å². The zero-order valence-corrected chi connectivity index (χ0v) is 20.7. The van der Waals surface area contributed by atoms with Gasteiger partial charge in [-0.1, -0.05) is 23.2 Å². The van der Waals surface area contributed by atoms with Crippen molar-refractivity contribution in [3.63, 3.8) is 0 Å². The third-order valence-corrected chi connectivity index (χ3v) is 6.03. The molecule has 1 aromatic carbocycles. The second-order valence-electron chi connectivity index (χ2n) is 8.34. The molecule has 0 saturated heterocycles. The number of aryl methyl sites for hydroxylation is 1. The van der Waals surface area contributed by atoms with Crippen molar-refractivity contribution in [3.8, 4) is 0 Å². The molecule has 1 aliphatic rings. The van der Waals surface area contributed by atoms with Crippen molar-refractivity contribution >= 4 is 52.2 Å². The molecule has 0 spiro atoms. The lowest BCUT2D eigenvalue weighted by molar-refractivity contribution is -0.145. The number of carbonyl (C=O) groups is 2. The highest BCUT2D eigenvalue weighted by molar-refractivity contribution is 6.33. The second-order valence-corrected chi connectivity index (χ2v) is 9.19. The first-order chi connectivity index (χ1) is 17.3. The lowest BCUT2D eigenvalue weighted by Gasteiger charge is -2.32. The van der Waals surface area contributed by atoms with Gasteiger partial charge in [0.15, 0.2) is 5.82 Å². The average Bonchev–Trinajstić information content (AvgIpc) is 3.41. The maximum atomic E-state index is 13.7. The smallest absolute Gasteiger partial charge is 0.366 e. The molecule has 11 nitrogen and oxygen atoms in total. The van der Waals surface area contributed by atoms with Crippen molar-refractivity contribution in [1.29, 1.82) is 0 Å². The van der Waals surface area contributed by atoms with Crippen LogP contribution in [0.4, 0.5) is 24.7 Å². The lowest BCUT2D eigenvalue weighted by Crippen LogP contribution is -2.51. The van der Waals surface area contributed by atoms with Crippen LogP contribution in [0, 0.1) is 6.92 Å². The Morgan fingerprint density at radius 3 is 2.62 bits per heavy atom. The summed E-state index contributed by atoms with van der Waals surface area (Å²) in [4.78, 5) is 30.6. The van der Waals surface area contributed by atoms with E-state index in [0.29, 0.717) is 5.56 Å². The normalized spacial score (nSPS) is 17.6. The lowest BCUT2D eigenvalue weighted by atomic mass is 9.93. The first-order valence-electron chi connectivity index (χ1n) is 10.5. The molecule has 3 aromatic rings. The molecule has 0 radical (unpaired) electrons. The molecule has 37 heavy (non-hydrogen) atoms. The monoisotopic (exact) mass is 555 g/mol. The molecule has 16 heteroatoms. The minimum atomic E-state index is -4.77. The summed E-state index contributed by atoms with van der Waals surface area (Å²) in [6, 6.07) is 5.99. The number of amides is 2. The SMILES string of the molecule is Cc1cc(Cl)cc(C(N)=O)c1NC(=O)C1(C)CC(Cn2nnc(C(F)(F)F)n2)=NN1c1ncccc1Cl. The van der Waals surface area contributed by atoms with Crippen LogP contribution in [0.1, 0.15) is 35.1 Å². The molecule has 2 aromatic heterocycles. The molecule has 0 saturated carbocycles. The van der Waals surface area contributed by atoms with Crippen LogP contribution in [-0.4, -0.2) is 48.3 Å². The minimum Gasteiger partial charge on any atom is -0.366 e. The molecule has 194 valence electrons. The highest BCUT2D eigenvalue weighted by Crippen LogP contribution is 2.37. The van der Waals surface area contributed by atoms with Crippen LogP contribution in [-0.2, 0) is 17.5 Å². The highest BCUT2D eigenvalue weighted by atomic mass is 35.5. The predicted octanol–water partition coefficient (Wildman–Crippen LogP) is 3.46. The molecule has 0 aliphatic carbocycles. The first kappa shape index (κ1) is 26.3. The van der Waals surface area contributed by atoms with Gasteiger partial charge >= 0.3 is 6.18 Å². The topological polar surface area (TPSA) is 144 Å². The van der Waals surface area contributed by atoms with E-state index >= 15 is 0 Å². The number of nitrogens with one attached hydrogen (secondary N) is 1. The van der Waals surface area contributed by atoms with Crippen LogP contribution in [0.2, 0.25) is 10.0 Å². The molecule has 1 atom stereocenters. The number of benzene rings is 1. The Morgan fingerprint density at radius 1 is 1.27 bits per heavy atom. The molecule has 3 heterocycles. The fraction of sp³-hybridized carbons (Fsp3) is 0.286. The Morgan fingerprint density at radius 2 is 2.00 bits per heavy atom. The van der Waals surface area contributed by atoms with Crippen molar-refractivity contribution in [2.45, 2.75) is 38.5 Å². The standard InChI is InChI=1S/C21H18Cl2F3N9O2/c1-10-6-11(22)7-13(16(27)36)15(10)29-19(37)20(2)8-12(9-34-32-18(30-33-34)21(24,25)26)31-35(20)17-14(23)4-3-5-28-17/h3-7H,8-9H2,1-2H3,(H2,27,36)(H,29,37). The molecule has 1 aliphatic heterocycles. The molecule has 3 N–H and O–H groups in total. The Bertz CT molecular complexity index is 1430. The third kappa shape index (κ3) is 5.20. The first-order valence-corrected chi connectivity index (χ1v) is 11.3. The fourth-order valence-corrected chi connectivity index (χ4v) is 4.25. The number of nitrogens with zero attached hydrogens (tertiary/aromatic N) is 7. The zero-order valence-electron chi connectivity index (χ0n) is 19.2.